The normalized spacial score (nSPS) is 11.9. The Morgan fingerprint density at radius 2 is 2.29 bits per heavy atom. The molecule has 1 aromatic carbocycles. The van der Waals surface area contributed by atoms with Crippen LogP contribution in [0.4, 0.5) is 4.39 Å². The first-order chi connectivity index (χ1) is 8.13. The molecule has 0 bridgehead atoms. The number of hydrogen-bond donors (Lipinski definition) is 1. The minimum atomic E-state index is -0.232. The van der Waals surface area contributed by atoms with Gasteiger partial charge in [0.05, 0.1) is 6.61 Å². The van der Waals surface area contributed by atoms with E-state index in [0.29, 0.717) is 6.61 Å². The van der Waals surface area contributed by atoms with Gasteiger partial charge in [-0.25, -0.2) is 4.39 Å². The third-order valence-corrected chi connectivity index (χ3v) is 2.94. The molecule has 0 aromatic heterocycles. The third kappa shape index (κ3) is 5.44. The smallest absolute Gasteiger partial charge is 0.124 e. The van der Waals surface area contributed by atoms with Crippen molar-refractivity contribution in [3.8, 4) is 0 Å². The van der Waals surface area contributed by atoms with Gasteiger partial charge < -0.3 is 10.1 Å². The Balaban J connectivity index is 2.55. The van der Waals surface area contributed by atoms with E-state index in [2.05, 4.69) is 21.2 Å². The number of methoxy groups -OCH3 is 1. The van der Waals surface area contributed by atoms with E-state index < -0.39 is 0 Å². The van der Waals surface area contributed by atoms with Crippen molar-refractivity contribution in [2.45, 2.75) is 6.92 Å². The van der Waals surface area contributed by atoms with Crippen LogP contribution in [0.2, 0.25) is 0 Å². The van der Waals surface area contributed by atoms with E-state index in [1.807, 2.05) is 13.0 Å². The molecule has 0 saturated carbocycles. The summed E-state index contributed by atoms with van der Waals surface area (Å²) in [6.07, 6.45) is 2.03. The molecule has 0 aliphatic carbocycles. The zero-order valence-corrected chi connectivity index (χ0v) is 11.7. The van der Waals surface area contributed by atoms with Crippen LogP contribution in [0.3, 0.4) is 0 Å². The Hall–Kier alpha value is -0.710. The molecule has 2 nitrogen and oxygen atoms in total. The van der Waals surface area contributed by atoms with Crippen molar-refractivity contribution in [2.75, 3.05) is 26.8 Å². The molecule has 0 atom stereocenters. The number of nitrogens with one attached hydrogen (secondary N) is 1. The summed E-state index contributed by atoms with van der Waals surface area (Å²) >= 11 is 3.34. The highest BCUT2D eigenvalue weighted by Crippen LogP contribution is 2.20. The summed E-state index contributed by atoms with van der Waals surface area (Å²) in [6, 6.07) is 4.69. The van der Waals surface area contributed by atoms with Crippen LogP contribution in [-0.2, 0) is 4.74 Å². The summed E-state index contributed by atoms with van der Waals surface area (Å²) in [6.45, 7) is 4.36. The van der Waals surface area contributed by atoms with Gasteiger partial charge in [-0.15, -0.1) is 0 Å². The summed E-state index contributed by atoms with van der Waals surface area (Å²) in [5, 5.41) is 3.25. The Morgan fingerprint density at radius 1 is 1.53 bits per heavy atom. The molecule has 94 valence electrons. The van der Waals surface area contributed by atoms with Crippen LogP contribution in [0.25, 0.3) is 6.08 Å². The molecule has 0 heterocycles. The highest BCUT2D eigenvalue weighted by Gasteiger charge is 1.99. The second kappa shape index (κ2) is 7.58. The van der Waals surface area contributed by atoms with E-state index in [9.17, 15) is 4.39 Å². The predicted molar refractivity (Wildman–Crippen MR) is 72.5 cm³/mol. The SMILES string of the molecule is COCCNC/C(C)=C/c1ccc(F)cc1Br. The molecule has 0 amide bonds. The average molecular weight is 302 g/mol. The standard InChI is InChI=1S/C13H17BrFNO/c1-10(9-16-5-6-17-2)7-11-3-4-12(15)8-13(11)14/h3-4,7-8,16H,5-6,9H2,1-2H3/b10-7+. The van der Waals surface area contributed by atoms with Crippen LogP contribution in [0.15, 0.2) is 28.2 Å². The highest BCUT2D eigenvalue weighted by atomic mass is 79.9. The Bertz CT molecular complexity index is 393. The van der Waals surface area contributed by atoms with Crippen LogP contribution < -0.4 is 5.32 Å². The fourth-order valence-electron chi connectivity index (χ4n) is 1.39. The van der Waals surface area contributed by atoms with Crippen molar-refractivity contribution >= 4 is 22.0 Å². The molecule has 1 aromatic rings. The third-order valence-electron chi connectivity index (χ3n) is 2.25. The lowest BCUT2D eigenvalue weighted by atomic mass is 10.1. The molecule has 4 heteroatoms. The van der Waals surface area contributed by atoms with Gasteiger partial charge in [-0.1, -0.05) is 33.6 Å². The van der Waals surface area contributed by atoms with Gasteiger partial charge in [0.15, 0.2) is 0 Å². The average Bonchev–Trinajstić information content (AvgIpc) is 2.28. The molecule has 0 spiro atoms. The van der Waals surface area contributed by atoms with Crippen molar-refractivity contribution in [1.29, 1.82) is 0 Å². The van der Waals surface area contributed by atoms with Crippen LogP contribution in [0, 0.1) is 5.82 Å². The zero-order chi connectivity index (χ0) is 12.7. The monoisotopic (exact) mass is 301 g/mol. The molecule has 17 heavy (non-hydrogen) atoms. The summed E-state index contributed by atoms with van der Waals surface area (Å²) in [5.41, 5.74) is 2.17. The molecule has 1 N–H and O–H groups in total. The number of ether oxygens (including phenoxy) is 1. The number of halogens is 2. The maximum atomic E-state index is 12.9. The minimum Gasteiger partial charge on any atom is -0.383 e. The first-order valence-corrected chi connectivity index (χ1v) is 6.24. The molecule has 0 saturated heterocycles. The summed E-state index contributed by atoms with van der Waals surface area (Å²) in [4.78, 5) is 0. The van der Waals surface area contributed by atoms with E-state index in [1.165, 1.54) is 17.7 Å². The summed E-state index contributed by atoms with van der Waals surface area (Å²) in [7, 11) is 1.68. The Kier molecular flexibility index (Phi) is 6.40. The van der Waals surface area contributed by atoms with Gasteiger partial charge in [0.2, 0.25) is 0 Å². The lowest BCUT2D eigenvalue weighted by Gasteiger charge is -2.05. The van der Waals surface area contributed by atoms with Crippen LogP contribution in [-0.4, -0.2) is 26.8 Å². The van der Waals surface area contributed by atoms with Gasteiger partial charge in [-0.05, 0) is 24.6 Å². The lowest BCUT2D eigenvalue weighted by Crippen LogP contribution is -2.20. The van der Waals surface area contributed by atoms with E-state index in [-0.39, 0.29) is 5.82 Å². The number of hydrogen-bond acceptors (Lipinski definition) is 2. The first-order valence-electron chi connectivity index (χ1n) is 5.45. The summed E-state index contributed by atoms with van der Waals surface area (Å²) in [5.74, 6) is -0.232. The van der Waals surface area contributed by atoms with Crippen molar-refractivity contribution in [3.05, 3.63) is 39.6 Å². The molecule has 0 aliphatic rings. The Morgan fingerprint density at radius 3 is 2.94 bits per heavy atom. The van der Waals surface area contributed by atoms with Gasteiger partial charge in [0.1, 0.15) is 5.82 Å². The molecular formula is C13H17BrFNO. The number of benzene rings is 1. The second-order valence-corrected chi connectivity index (χ2v) is 4.68. The topological polar surface area (TPSA) is 21.3 Å². The largest absolute Gasteiger partial charge is 0.383 e. The van der Waals surface area contributed by atoms with Crippen molar-refractivity contribution in [2.24, 2.45) is 0 Å². The first kappa shape index (κ1) is 14.4. The van der Waals surface area contributed by atoms with E-state index in [4.69, 9.17) is 4.74 Å². The molecule has 0 radical (unpaired) electrons. The fraction of sp³-hybridized carbons (Fsp3) is 0.385. The van der Waals surface area contributed by atoms with E-state index >= 15 is 0 Å². The second-order valence-electron chi connectivity index (χ2n) is 3.83. The van der Waals surface area contributed by atoms with E-state index in [0.717, 1.165) is 23.1 Å². The van der Waals surface area contributed by atoms with Crippen LogP contribution in [0.1, 0.15) is 12.5 Å². The molecule has 1 rings (SSSR count). The van der Waals surface area contributed by atoms with Crippen LogP contribution >= 0.6 is 15.9 Å². The van der Waals surface area contributed by atoms with Crippen molar-refractivity contribution < 1.29 is 9.13 Å². The van der Waals surface area contributed by atoms with Crippen molar-refractivity contribution in [3.63, 3.8) is 0 Å². The quantitative estimate of drug-likeness (QED) is 0.815. The minimum absolute atomic E-state index is 0.232. The molecule has 0 fully saturated rings. The molecular weight excluding hydrogens is 285 g/mol. The summed E-state index contributed by atoms with van der Waals surface area (Å²) < 4.78 is 18.6. The van der Waals surface area contributed by atoms with Gasteiger partial charge >= 0.3 is 0 Å². The highest BCUT2D eigenvalue weighted by molar-refractivity contribution is 9.10. The number of rotatable bonds is 6. The maximum absolute atomic E-state index is 12.9. The Labute approximate surface area is 110 Å². The zero-order valence-electron chi connectivity index (χ0n) is 10.1. The van der Waals surface area contributed by atoms with E-state index in [1.54, 1.807) is 13.2 Å². The van der Waals surface area contributed by atoms with Gasteiger partial charge in [0.25, 0.3) is 0 Å². The van der Waals surface area contributed by atoms with Gasteiger partial charge in [-0.2, -0.15) is 0 Å². The van der Waals surface area contributed by atoms with Gasteiger partial charge in [0, 0.05) is 24.7 Å². The maximum Gasteiger partial charge on any atom is 0.124 e. The van der Waals surface area contributed by atoms with Crippen molar-refractivity contribution in [1.82, 2.24) is 5.32 Å². The molecule has 0 unspecified atom stereocenters. The van der Waals surface area contributed by atoms with Gasteiger partial charge in [-0.3, -0.25) is 0 Å². The lowest BCUT2D eigenvalue weighted by molar-refractivity contribution is 0.200. The molecule has 0 aliphatic heterocycles. The van der Waals surface area contributed by atoms with Crippen LogP contribution in [0.5, 0.6) is 0 Å². The predicted octanol–water partition coefficient (Wildman–Crippen LogP) is 3.23. The fourth-order valence-corrected chi connectivity index (χ4v) is 1.86.